The summed E-state index contributed by atoms with van der Waals surface area (Å²) in [5, 5.41) is 11.7. The van der Waals surface area contributed by atoms with E-state index in [-0.39, 0.29) is 12.5 Å². The zero-order valence-corrected chi connectivity index (χ0v) is 11.9. The van der Waals surface area contributed by atoms with Gasteiger partial charge in [0.1, 0.15) is 5.82 Å². The monoisotopic (exact) mass is 300 g/mol. The van der Waals surface area contributed by atoms with Crippen LogP contribution in [0.4, 0.5) is 5.82 Å². The third kappa shape index (κ3) is 4.32. The van der Waals surface area contributed by atoms with Crippen LogP contribution in [0.2, 0.25) is 5.02 Å². The molecule has 0 atom stereocenters. The quantitative estimate of drug-likeness (QED) is 0.857. The maximum atomic E-state index is 12.1. The zero-order chi connectivity index (χ0) is 15.1. The highest BCUT2D eigenvalue weighted by atomic mass is 35.5. The first-order chi connectivity index (χ1) is 10.2. The van der Waals surface area contributed by atoms with E-state index in [4.69, 9.17) is 16.7 Å². The smallest absolute Gasteiger partial charge is 0.258 e. The van der Waals surface area contributed by atoms with Crippen molar-refractivity contribution in [3.63, 3.8) is 0 Å². The lowest BCUT2D eigenvalue weighted by Crippen LogP contribution is -2.13. The minimum atomic E-state index is -0.325. The first kappa shape index (κ1) is 15.0. The Morgan fingerprint density at radius 1 is 1.33 bits per heavy atom. The topological polar surface area (TPSA) is 62.2 Å². The van der Waals surface area contributed by atoms with E-state index in [1.807, 2.05) is 0 Å². The molecule has 0 saturated heterocycles. The van der Waals surface area contributed by atoms with Crippen LogP contribution in [-0.2, 0) is 0 Å². The normalized spacial score (nSPS) is 9.62. The van der Waals surface area contributed by atoms with E-state index in [0.29, 0.717) is 28.4 Å². The van der Waals surface area contributed by atoms with Crippen molar-refractivity contribution in [1.82, 2.24) is 4.98 Å². The molecule has 21 heavy (non-hydrogen) atoms. The summed E-state index contributed by atoms with van der Waals surface area (Å²) in [6.45, 7) is 0.0220. The number of pyridine rings is 1. The Kier molecular flexibility index (Phi) is 5.33. The number of halogens is 1. The van der Waals surface area contributed by atoms with E-state index >= 15 is 0 Å². The van der Waals surface area contributed by atoms with Gasteiger partial charge in [-0.3, -0.25) is 4.79 Å². The van der Waals surface area contributed by atoms with Gasteiger partial charge in [-0.1, -0.05) is 35.6 Å². The van der Waals surface area contributed by atoms with Gasteiger partial charge in [-0.2, -0.15) is 0 Å². The molecular formula is C16H13ClN2O2. The number of aliphatic hydroxyl groups is 1. The molecule has 1 heterocycles. The lowest BCUT2D eigenvalue weighted by molar-refractivity contribution is 0.102. The van der Waals surface area contributed by atoms with Gasteiger partial charge < -0.3 is 10.4 Å². The Labute approximate surface area is 127 Å². The summed E-state index contributed by atoms with van der Waals surface area (Å²) in [4.78, 5) is 16.2. The molecular weight excluding hydrogens is 288 g/mol. The van der Waals surface area contributed by atoms with Crippen LogP contribution in [0.15, 0.2) is 42.6 Å². The molecule has 1 aromatic heterocycles. The molecule has 0 aliphatic carbocycles. The number of carbonyl (C=O) groups excluding carboxylic acids is 1. The van der Waals surface area contributed by atoms with Crippen molar-refractivity contribution in [2.75, 3.05) is 11.9 Å². The average molecular weight is 301 g/mol. The summed E-state index contributed by atoms with van der Waals surface area (Å²) in [6, 6.07) is 10.2. The molecule has 2 aromatic rings. The third-order valence-electron chi connectivity index (χ3n) is 2.59. The fourth-order valence-electron chi connectivity index (χ4n) is 1.63. The Bertz CT molecular complexity index is 705. The number of aliphatic hydroxyl groups excluding tert-OH is 1. The molecule has 5 heteroatoms. The van der Waals surface area contributed by atoms with Crippen LogP contribution in [0.5, 0.6) is 0 Å². The number of rotatable bonds is 3. The molecule has 4 nitrogen and oxygen atoms in total. The standard InChI is InChI=1S/C16H13ClN2O2/c17-14-7-2-1-6-13(14)16(21)19-15-11-12(8-9-18-15)5-3-4-10-20/h1-2,6-9,11,20H,4,10H2,(H,18,19,21). The molecule has 0 saturated carbocycles. The Morgan fingerprint density at radius 3 is 2.90 bits per heavy atom. The van der Waals surface area contributed by atoms with E-state index in [2.05, 4.69) is 22.1 Å². The number of hydrogen-bond donors (Lipinski definition) is 2. The number of benzene rings is 1. The van der Waals surface area contributed by atoms with E-state index in [0.717, 1.165) is 0 Å². The summed E-state index contributed by atoms with van der Waals surface area (Å²) in [5.74, 6) is 5.77. The maximum Gasteiger partial charge on any atom is 0.258 e. The van der Waals surface area contributed by atoms with E-state index in [1.54, 1.807) is 42.6 Å². The second-order valence-corrected chi connectivity index (χ2v) is 4.55. The molecule has 2 rings (SSSR count). The SMILES string of the molecule is O=C(Nc1cc(C#CCCO)ccn1)c1ccccc1Cl. The van der Waals surface area contributed by atoms with Crippen LogP contribution in [0.1, 0.15) is 22.3 Å². The summed E-state index contributed by atoms with van der Waals surface area (Å²) < 4.78 is 0. The van der Waals surface area contributed by atoms with Gasteiger partial charge in [0.05, 0.1) is 17.2 Å². The Hall–Kier alpha value is -2.35. The fourth-order valence-corrected chi connectivity index (χ4v) is 1.85. The average Bonchev–Trinajstić information content (AvgIpc) is 2.48. The number of amides is 1. The Morgan fingerprint density at radius 2 is 2.14 bits per heavy atom. The van der Waals surface area contributed by atoms with Crippen LogP contribution < -0.4 is 5.32 Å². The molecule has 0 aliphatic heterocycles. The van der Waals surface area contributed by atoms with Crippen molar-refractivity contribution in [2.45, 2.75) is 6.42 Å². The van der Waals surface area contributed by atoms with Crippen LogP contribution >= 0.6 is 11.6 Å². The molecule has 0 spiro atoms. The van der Waals surface area contributed by atoms with Gasteiger partial charge in [-0.15, -0.1) is 0 Å². The predicted molar refractivity (Wildman–Crippen MR) is 82.2 cm³/mol. The lowest BCUT2D eigenvalue weighted by atomic mass is 10.2. The van der Waals surface area contributed by atoms with Crippen molar-refractivity contribution in [3.8, 4) is 11.8 Å². The molecule has 0 radical (unpaired) electrons. The van der Waals surface area contributed by atoms with Crippen molar-refractivity contribution in [3.05, 3.63) is 58.7 Å². The zero-order valence-electron chi connectivity index (χ0n) is 11.1. The molecule has 106 valence electrons. The number of nitrogens with zero attached hydrogens (tertiary/aromatic N) is 1. The predicted octanol–water partition coefficient (Wildman–Crippen LogP) is 2.72. The minimum Gasteiger partial charge on any atom is -0.395 e. The van der Waals surface area contributed by atoms with Crippen molar-refractivity contribution in [1.29, 1.82) is 0 Å². The first-order valence-corrected chi connectivity index (χ1v) is 6.70. The van der Waals surface area contributed by atoms with Crippen LogP contribution in [-0.4, -0.2) is 22.6 Å². The number of carbonyl (C=O) groups is 1. The molecule has 2 N–H and O–H groups in total. The molecule has 0 fully saturated rings. The van der Waals surface area contributed by atoms with E-state index in [9.17, 15) is 4.79 Å². The van der Waals surface area contributed by atoms with E-state index in [1.165, 1.54) is 0 Å². The van der Waals surface area contributed by atoms with Crippen LogP contribution in [0.25, 0.3) is 0 Å². The van der Waals surface area contributed by atoms with Gasteiger partial charge >= 0.3 is 0 Å². The Balaban J connectivity index is 2.14. The van der Waals surface area contributed by atoms with Gasteiger partial charge in [-0.05, 0) is 24.3 Å². The maximum absolute atomic E-state index is 12.1. The third-order valence-corrected chi connectivity index (χ3v) is 2.92. The van der Waals surface area contributed by atoms with Gasteiger partial charge in [0.15, 0.2) is 0 Å². The largest absolute Gasteiger partial charge is 0.395 e. The molecule has 0 unspecified atom stereocenters. The highest BCUT2D eigenvalue weighted by Crippen LogP contribution is 2.16. The van der Waals surface area contributed by atoms with Gasteiger partial charge in [0.2, 0.25) is 0 Å². The summed E-state index contributed by atoms with van der Waals surface area (Å²) in [7, 11) is 0. The summed E-state index contributed by atoms with van der Waals surface area (Å²) >= 11 is 5.97. The van der Waals surface area contributed by atoms with Crippen molar-refractivity contribution >= 4 is 23.3 Å². The number of hydrogen-bond acceptors (Lipinski definition) is 3. The van der Waals surface area contributed by atoms with Crippen LogP contribution in [0.3, 0.4) is 0 Å². The minimum absolute atomic E-state index is 0.0220. The molecule has 0 aliphatic rings. The number of anilines is 1. The number of nitrogens with one attached hydrogen (secondary N) is 1. The molecule has 1 aromatic carbocycles. The van der Waals surface area contributed by atoms with Crippen molar-refractivity contribution < 1.29 is 9.90 Å². The highest BCUT2D eigenvalue weighted by molar-refractivity contribution is 6.34. The van der Waals surface area contributed by atoms with E-state index < -0.39 is 0 Å². The highest BCUT2D eigenvalue weighted by Gasteiger charge is 2.10. The molecule has 0 bridgehead atoms. The van der Waals surface area contributed by atoms with Crippen LogP contribution in [0, 0.1) is 11.8 Å². The van der Waals surface area contributed by atoms with Gasteiger partial charge in [0.25, 0.3) is 5.91 Å². The summed E-state index contributed by atoms with van der Waals surface area (Å²) in [5.41, 5.74) is 1.10. The molecule has 1 amide bonds. The lowest BCUT2D eigenvalue weighted by Gasteiger charge is -2.06. The van der Waals surface area contributed by atoms with Crippen molar-refractivity contribution in [2.24, 2.45) is 0 Å². The first-order valence-electron chi connectivity index (χ1n) is 6.32. The second-order valence-electron chi connectivity index (χ2n) is 4.14. The second kappa shape index (κ2) is 7.44. The fraction of sp³-hybridized carbons (Fsp3) is 0.125. The number of aromatic nitrogens is 1. The van der Waals surface area contributed by atoms with Gasteiger partial charge in [0, 0.05) is 18.2 Å². The van der Waals surface area contributed by atoms with Gasteiger partial charge in [-0.25, -0.2) is 4.98 Å². The summed E-state index contributed by atoms with van der Waals surface area (Å²) in [6.07, 6.45) is 1.97.